The number of para-hydroxylation sites is 1. The zero-order chi connectivity index (χ0) is 14.0. The zero-order valence-corrected chi connectivity index (χ0v) is 11.9. The maximum atomic E-state index is 6.66. The van der Waals surface area contributed by atoms with Crippen LogP contribution in [0, 0.1) is 0 Å². The van der Waals surface area contributed by atoms with Gasteiger partial charge in [-0.25, -0.2) is 0 Å². The van der Waals surface area contributed by atoms with Crippen LogP contribution in [0.3, 0.4) is 0 Å². The minimum absolute atomic E-state index is 0.0187. The van der Waals surface area contributed by atoms with Gasteiger partial charge in [-0.3, -0.25) is 0 Å². The van der Waals surface area contributed by atoms with E-state index in [9.17, 15) is 0 Å². The van der Waals surface area contributed by atoms with Gasteiger partial charge >= 0.3 is 0 Å². The summed E-state index contributed by atoms with van der Waals surface area (Å²) in [6, 6.07) is 18.8. The van der Waals surface area contributed by atoms with Crippen LogP contribution >= 0.6 is 0 Å². The summed E-state index contributed by atoms with van der Waals surface area (Å²) in [5.74, 6) is 0.891. The van der Waals surface area contributed by atoms with Crippen LogP contribution in [-0.2, 0) is 5.41 Å². The van der Waals surface area contributed by atoms with Gasteiger partial charge in [0, 0.05) is 17.0 Å². The highest BCUT2D eigenvalue weighted by Gasteiger charge is 2.45. The Kier molecular flexibility index (Phi) is 3.49. The smallest absolute Gasteiger partial charge is 0.123 e. The van der Waals surface area contributed by atoms with Gasteiger partial charge < -0.3 is 10.5 Å². The minimum Gasteiger partial charge on any atom is -0.496 e. The summed E-state index contributed by atoms with van der Waals surface area (Å²) >= 11 is 0. The second-order valence-electron chi connectivity index (χ2n) is 5.60. The molecule has 1 saturated carbocycles. The van der Waals surface area contributed by atoms with Gasteiger partial charge in [-0.05, 0) is 24.5 Å². The molecule has 0 heterocycles. The largest absolute Gasteiger partial charge is 0.496 e. The van der Waals surface area contributed by atoms with E-state index in [1.165, 1.54) is 12.0 Å². The van der Waals surface area contributed by atoms with Crippen LogP contribution in [0.5, 0.6) is 5.75 Å². The van der Waals surface area contributed by atoms with Crippen molar-refractivity contribution in [1.82, 2.24) is 0 Å². The van der Waals surface area contributed by atoms with E-state index in [2.05, 4.69) is 36.4 Å². The molecule has 2 aromatic rings. The lowest BCUT2D eigenvalue weighted by Crippen LogP contribution is -2.44. The van der Waals surface area contributed by atoms with E-state index in [1.54, 1.807) is 7.11 Å². The van der Waals surface area contributed by atoms with Crippen LogP contribution < -0.4 is 10.5 Å². The summed E-state index contributed by atoms with van der Waals surface area (Å²) in [6.45, 7) is 0. The Morgan fingerprint density at radius 2 is 1.65 bits per heavy atom. The van der Waals surface area contributed by atoms with Crippen LogP contribution in [0.4, 0.5) is 0 Å². The van der Waals surface area contributed by atoms with Gasteiger partial charge in [-0.15, -0.1) is 0 Å². The summed E-state index contributed by atoms with van der Waals surface area (Å²) in [5.41, 5.74) is 9.19. The van der Waals surface area contributed by atoms with Crippen molar-refractivity contribution in [3.63, 3.8) is 0 Å². The Labute approximate surface area is 120 Å². The molecule has 0 saturated heterocycles. The Hall–Kier alpha value is -1.80. The number of benzene rings is 2. The number of hydrogen-bond acceptors (Lipinski definition) is 2. The van der Waals surface area contributed by atoms with Gasteiger partial charge in [0.15, 0.2) is 0 Å². The molecule has 2 N–H and O–H groups in total. The highest BCUT2D eigenvalue weighted by atomic mass is 16.5. The highest BCUT2D eigenvalue weighted by Crippen LogP contribution is 2.52. The molecular weight excluding hydrogens is 246 g/mol. The lowest BCUT2D eigenvalue weighted by Gasteiger charge is -2.47. The molecular formula is C18H21NO. The first-order chi connectivity index (χ1) is 9.78. The van der Waals surface area contributed by atoms with E-state index in [1.807, 2.05) is 18.2 Å². The maximum Gasteiger partial charge on any atom is 0.123 e. The Morgan fingerprint density at radius 3 is 2.25 bits per heavy atom. The van der Waals surface area contributed by atoms with Crippen LogP contribution in [0.25, 0.3) is 0 Å². The van der Waals surface area contributed by atoms with Gasteiger partial charge in [0.1, 0.15) is 5.75 Å². The Morgan fingerprint density at radius 1 is 1.00 bits per heavy atom. The maximum absolute atomic E-state index is 6.66. The number of ether oxygens (including phenoxy) is 1. The molecule has 1 aliphatic rings. The third-order valence-corrected chi connectivity index (χ3v) is 4.66. The standard InChI is InChI=1S/C18H21NO/c1-20-16-11-6-5-10-15(16)17(19)18(12-7-13-18)14-8-3-2-4-9-14/h2-6,8-11,17H,7,12-13,19H2,1H3. The quantitative estimate of drug-likeness (QED) is 0.914. The predicted molar refractivity (Wildman–Crippen MR) is 81.9 cm³/mol. The zero-order valence-electron chi connectivity index (χ0n) is 11.9. The molecule has 2 aromatic carbocycles. The van der Waals surface area contributed by atoms with Crippen molar-refractivity contribution in [3.05, 3.63) is 65.7 Å². The molecule has 3 rings (SSSR count). The van der Waals surface area contributed by atoms with Crippen molar-refractivity contribution >= 4 is 0 Å². The van der Waals surface area contributed by atoms with Crippen LogP contribution in [0.2, 0.25) is 0 Å². The average molecular weight is 267 g/mol. The number of nitrogens with two attached hydrogens (primary N) is 1. The number of hydrogen-bond donors (Lipinski definition) is 1. The monoisotopic (exact) mass is 267 g/mol. The highest BCUT2D eigenvalue weighted by molar-refractivity contribution is 5.42. The number of methoxy groups -OCH3 is 1. The van der Waals surface area contributed by atoms with Crippen molar-refractivity contribution in [1.29, 1.82) is 0 Å². The third kappa shape index (κ3) is 2.01. The fourth-order valence-electron chi connectivity index (χ4n) is 3.33. The van der Waals surface area contributed by atoms with Crippen LogP contribution in [0.15, 0.2) is 54.6 Å². The van der Waals surface area contributed by atoms with Crippen molar-refractivity contribution in [2.24, 2.45) is 5.73 Å². The first-order valence-corrected chi connectivity index (χ1v) is 7.22. The first kappa shape index (κ1) is 13.2. The lowest BCUT2D eigenvalue weighted by atomic mass is 9.59. The predicted octanol–water partition coefficient (Wildman–Crippen LogP) is 3.82. The molecule has 1 unspecified atom stereocenters. The second-order valence-corrected chi connectivity index (χ2v) is 5.60. The summed E-state index contributed by atoms with van der Waals surface area (Å²) in [7, 11) is 1.71. The summed E-state index contributed by atoms with van der Waals surface area (Å²) < 4.78 is 5.49. The van der Waals surface area contributed by atoms with Gasteiger partial charge in [0.25, 0.3) is 0 Å². The third-order valence-electron chi connectivity index (χ3n) is 4.66. The van der Waals surface area contributed by atoms with Gasteiger partial charge in [0.05, 0.1) is 7.11 Å². The number of rotatable bonds is 4. The molecule has 0 amide bonds. The van der Waals surface area contributed by atoms with Crippen molar-refractivity contribution in [2.75, 3.05) is 7.11 Å². The molecule has 2 nitrogen and oxygen atoms in total. The van der Waals surface area contributed by atoms with E-state index >= 15 is 0 Å². The normalized spacial score (nSPS) is 18.1. The molecule has 0 bridgehead atoms. The van der Waals surface area contributed by atoms with Crippen molar-refractivity contribution < 1.29 is 4.74 Å². The topological polar surface area (TPSA) is 35.2 Å². The Bertz CT molecular complexity index is 575. The summed E-state index contributed by atoms with van der Waals surface area (Å²) in [5, 5.41) is 0. The summed E-state index contributed by atoms with van der Waals surface area (Å²) in [6.07, 6.45) is 3.55. The molecule has 0 radical (unpaired) electrons. The fourth-order valence-corrected chi connectivity index (χ4v) is 3.33. The fraction of sp³-hybridized carbons (Fsp3) is 0.333. The summed E-state index contributed by atoms with van der Waals surface area (Å²) in [4.78, 5) is 0. The van der Waals surface area contributed by atoms with E-state index in [0.717, 1.165) is 24.2 Å². The van der Waals surface area contributed by atoms with Crippen LogP contribution in [0.1, 0.15) is 36.4 Å². The van der Waals surface area contributed by atoms with Crippen molar-refractivity contribution in [2.45, 2.75) is 30.7 Å². The molecule has 2 heteroatoms. The van der Waals surface area contributed by atoms with Gasteiger partial charge in [0.2, 0.25) is 0 Å². The van der Waals surface area contributed by atoms with E-state index in [4.69, 9.17) is 10.5 Å². The minimum atomic E-state index is -0.0187. The lowest BCUT2D eigenvalue weighted by molar-refractivity contribution is 0.194. The molecule has 104 valence electrons. The van der Waals surface area contributed by atoms with E-state index < -0.39 is 0 Å². The molecule has 1 fully saturated rings. The molecule has 1 atom stereocenters. The van der Waals surface area contributed by atoms with Gasteiger partial charge in [-0.2, -0.15) is 0 Å². The molecule has 0 spiro atoms. The molecule has 1 aliphatic carbocycles. The Balaban J connectivity index is 2.01. The molecule has 20 heavy (non-hydrogen) atoms. The second kappa shape index (κ2) is 5.29. The van der Waals surface area contributed by atoms with Gasteiger partial charge in [-0.1, -0.05) is 55.0 Å². The van der Waals surface area contributed by atoms with Crippen LogP contribution in [-0.4, -0.2) is 7.11 Å². The first-order valence-electron chi connectivity index (χ1n) is 7.22. The SMILES string of the molecule is COc1ccccc1C(N)C1(c2ccccc2)CCC1. The average Bonchev–Trinajstić information content (AvgIpc) is 2.47. The van der Waals surface area contributed by atoms with E-state index in [0.29, 0.717) is 0 Å². The van der Waals surface area contributed by atoms with E-state index in [-0.39, 0.29) is 11.5 Å². The van der Waals surface area contributed by atoms with Crippen molar-refractivity contribution in [3.8, 4) is 5.75 Å². The molecule has 0 aliphatic heterocycles. The molecule has 0 aromatic heterocycles.